The van der Waals surface area contributed by atoms with Crippen LogP contribution in [0.3, 0.4) is 0 Å². The smallest absolute Gasteiger partial charge is 0.311 e. The second-order valence-corrected chi connectivity index (χ2v) is 7.17. The summed E-state index contributed by atoms with van der Waals surface area (Å²) in [6.45, 7) is 1.60. The highest BCUT2D eigenvalue weighted by molar-refractivity contribution is 5.95. The van der Waals surface area contributed by atoms with Crippen LogP contribution in [0.2, 0.25) is 0 Å². The van der Waals surface area contributed by atoms with Crippen molar-refractivity contribution in [2.24, 2.45) is 11.3 Å². The summed E-state index contributed by atoms with van der Waals surface area (Å²) < 4.78 is 1.97. The van der Waals surface area contributed by atoms with Gasteiger partial charge in [0.1, 0.15) is 0 Å². The maximum absolute atomic E-state index is 12.8. The number of carbonyl (C=O) groups is 2. The van der Waals surface area contributed by atoms with Crippen LogP contribution in [0.5, 0.6) is 0 Å². The van der Waals surface area contributed by atoms with Crippen molar-refractivity contribution in [2.75, 3.05) is 13.1 Å². The van der Waals surface area contributed by atoms with Gasteiger partial charge in [0.2, 0.25) is 0 Å². The number of nitrogens with zero attached hydrogens (tertiary/aromatic N) is 3. The molecule has 2 fully saturated rings. The number of amides is 1. The fourth-order valence-electron chi connectivity index (χ4n) is 4.32. The normalized spacial score (nSPS) is 25.1. The maximum Gasteiger partial charge on any atom is 0.311 e. The van der Waals surface area contributed by atoms with Gasteiger partial charge in [-0.3, -0.25) is 9.59 Å². The Labute approximate surface area is 146 Å². The third-order valence-electron chi connectivity index (χ3n) is 5.71. The van der Waals surface area contributed by atoms with Crippen molar-refractivity contribution in [3.05, 3.63) is 54.1 Å². The van der Waals surface area contributed by atoms with E-state index in [1.54, 1.807) is 17.4 Å². The molecule has 1 amide bonds. The predicted molar refractivity (Wildman–Crippen MR) is 91.1 cm³/mol. The summed E-state index contributed by atoms with van der Waals surface area (Å²) >= 11 is 0. The molecule has 6 heteroatoms. The van der Waals surface area contributed by atoms with E-state index in [4.69, 9.17) is 0 Å². The van der Waals surface area contributed by atoms with Gasteiger partial charge in [-0.25, -0.2) is 4.98 Å². The Hall–Kier alpha value is -2.63. The summed E-state index contributed by atoms with van der Waals surface area (Å²) in [5.74, 6) is -0.723. The Bertz CT molecular complexity index is 785. The number of likely N-dealkylation sites (tertiary alicyclic amines) is 1. The average molecular weight is 339 g/mol. The molecule has 1 aromatic carbocycles. The average Bonchev–Trinajstić information content (AvgIpc) is 3.30. The molecule has 2 aliphatic rings. The second-order valence-electron chi connectivity index (χ2n) is 7.17. The zero-order valence-electron chi connectivity index (χ0n) is 14.0. The van der Waals surface area contributed by atoms with E-state index in [9.17, 15) is 14.7 Å². The molecule has 1 saturated heterocycles. The summed E-state index contributed by atoms with van der Waals surface area (Å²) in [5.41, 5.74) is 0.988. The zero-order valence-corrected chi connectivity index (χ0v) is 14.0. The zero-order chi connectivity index (χ0) is 17.4. The van der Waals surface area contributed by atoms with Crippen LogP contribution in [0, 0.1) is 11.3 Å². The molecule has 1 aromatic heterocycles. The Morgan fingerprint density at radius 1 is 1.28 bits per heavy atom. The summed E-state index contributed by atoms with van der Waals surface area (Å²) in [6, 6.07) is 7.54. The van der Waals surface area contributed by atoms with Crippen LogP contribution in [-0.2, 0) is 11.3 Å². The third kappa shape index (κ3) is 2.71. The fourth-order valence-corrected chi connectivity index (χ4v) is 4.32. The van der Waals surface area contributed by atoms with Crippen LogP contribution in [0.1, 0.15) is 35.2 Å². The van der Waals surface area contributed by atoms with Crippen molar-refractivity contribution >= 4 is 11.9 Å². The van der Waals surface area contributed by atoms with Crippen molar-refractivity contribution in [2.45, 2.75) is 25.8 Å². The van der Waals surface area contributed by atoms with E-state index < -0.39 is 11.4 Å². The van der Waals surface area contributed by atoms with Gasteiger partial charge in [-0.2, -0.15) is 0 Å². The first kappa shape index (κ1) is 15.9. The lowest BCUT2D eigenvalue weighted by atomic mass is 9.81. The van der Waals surface area contributed by atoms with E-state index in [0.29, 0.717) is 31.6 Å². The van der Waals surface area contributed by atoms with Crippen molar-refractivity contribution in [3.63, 3.8) is 0 Å². The molecule has 4 rings (SSSR count). The molecule has 130 valence electrons. The number of carbonyl (C=O) groups excluding carboxylic acids is 1. The first-order valence-corrected chi connectivity index (χ1v) is 8.66. The van der Waals surface area contributed by atoms with Gasteiger partial charge in [-0.1, -0.05) is 18.6 Å². The predicted octanol–water partition coefficient (Wildman–Crippen LogP) is 2.26. The largest absolute Gasteiger partial charge is 0.481 e. The molecule has 0 spiro atoms. The Kier molecular flexibility index (Phi) is 3.82. The van der Waals surface area contributed by atoms with Crippen LogP contribution in [0.25, 0.3) is 0 Å². The van der Waals surface area contributed by atoms with Crippen molar-refractivity contribution in [3.8, 4) is 0 Å². The maximum atomic E-state index is 12.8. The lowest BCUT2D eigenvalue weighted by Gasteiger charge is -2.23. The second kappa shape index (κ2) is 6.02. The van der Waals surface area contributed by atoms with Crippen LogP contribution in [0.15, 0.2) is 43.0 Å². The highest BCUT2D eigenvalue weighted by Gasteiger charge is 2.55. The Morgan fingerprint density at radius 2 is 2.08 bits per heavy atom. The van der Waals surface area contributed by atoms with Gasteiger partial charge in [-0.15, -0.1) is 0 Å². The first-order valence-electron chi connectivity index (χ1n) is 8.66. The van der Waals surface area contributed by atoms with Crippen LogP contribution >= 0.6 is 0 Å². The quantitative estimate of drug-likeness (QED) is 0.927. The number of aromatic nitrogens is 2. The van der Waals surface area contributed by atoms with Gasteiger partial charge in [0.05, 0.1) is 11.7 Å². The molecule has 0 unspecified atom stereocenters. The molecule has 1 aliphatic carbocycles. The van der Waals surface area contributed by atoms with E-state index in [1.807, 2.05) is 35.0 Å². The minimum absolute atomic E-state index is 0.0656. The lowest BCUT2D eigenvalue weighted by molar-refractivity contribution is -0.149. The molecule has 1 N–H and O–H groups in total. The van der Waals surface area contributed by atoms with Crippen molar-refractivity contribution in [1.82, 2.24) is 14.5 Å². The van der Waals surface area contributed by atoms with Crippen molar-refractivity contribution < 1.29 is 14.7 Å². The number of imidazole rings is 1. The van der Waals surface area contributed by atoms with Gasteiger partial charge in [-0.05, 0) is 36.5 Å². The van der Waals surface area contributed by atoms with Crippen LogP contribution in [0.4, 0.5) is 0 Å². The van der Waals surface area contributed by atoms with E-state index in [0.717, 1.165) is 18.4 Å². The summed E-state index contributed by atoms with van der Waals surface area (Å²) in [4.78, 5) is 30.3. The molecular formula is C19H21N3O3. The monoisotopic (exact) mass is 339 g/mol. The Balaban J connectivity index is 1.47. The number of rotatable bonds is 4. The first-order chi connectivity index (χ1) is 12.1. The van der Waals surface area contributed by atoms with Gasteiger partial charge in [0.25, 0.3) is 5.91 Å². The molecule has 25 heavy (non-hydrogen) atoms. The van der Waals surface area contributed by atoms with Gasteiger partial charge >= 0.3 is 5.97 Å². The highest BCUT2D eigenvalue weighted by Crippen LogP contribution is 2.49. The molecule has 1 saturated carbocycles. The lowest BCUT2D eigenvalue weighted by Crippen LogP contribution is -2.37. The summed E-state index contributed by atoms with van der Waals surface area (Å²) in [5, 5.41) is 9.66. The number of hydrogen-bond donors (Lipinski definition) is 1. The van der Waals surface area contributed by atoms with E-state index in [-0.39, 0.29) is 11.8 Å². The molecule has 0 radical (unpaired) electrons. The van der Waals surface area contributed by atoms with Crippen LogP contribution < -0.4 is 0 Å². The molecule has 1 aliphatic heterocycles. The Morgan fingerprint density at radius 3 is 2.72 bits per heavy atom. The van der Waals surface area contributed by atoms with E-state index in [2.05, 4.69) is 4.98 Å². The number of benzene rings is 1. The van der Waals surface area contributed by atoms with Gasteiger partial charge < -0.3 is 14.6 Å². The molecule has 6 nitrogen and oxygen atoms in total. The number of aliphatic carboxylic acids is 1. The molecule has 2 heterocycles. The topological polar surface area (TPSA) is 75.4 Å². The number of hydrogen-bond acceptors (Lipinski definition) is 3. The van der Waals surface area contributed by atoms with E-state index >= 15 is 0 Å². The van der Waals surface area contributed by atoms with Crippen LogP contribution in [-0.4, -0.2) is 44.5 Å². The fraction of sp³-hybridized carbons (Fsp3) is 0.421. The van der Waals surface area contributed by atoms with Crippen molar-refractivity contribution in [1.29, 1.82) is 0 Å². The summed E-state index contributed by atoms with van der Waals surface area (Å²) in [6.07, 6.45) is 7.92. The van der Waals surface area contributed by atoms with Gasteiger partial charge in [0.15, 0.2) is 0 Å². The molecule has 0 bridgehead atoms. The number of carboxylic acid groups (broad SMARTS) is 1. The number of fused-ring (bicyclic) bond motifs is 1. The van der Waals surface area contributed by atoms with Gasteiger partial charge in [0, 0.05) is 37.6 Å². The number of carboxylic acids is 1. The standard InChI is InChI=1S/C19H21N3O3/c23-17(22-11-16-2-1-7-19(16,12-22)18(24)25)15-5-3-14(4-6-15)10-21-9-8-20-13-21/h3-6,8-9,13,16H,1-2,7,10-12H2,(H,24,25)/t16-,19+/m0/s1. The minimum atomic E-state index is -0.749. The van der Waals surface area contributed by atoms with E-state index in [1.165, 1.54) is 0 Å². The molecular weight excluding hydrogens is 318 g/mol. The SMILES string of the molecule is O=C(c1ccc(Cn2ccnc2)cc1)N1C[C@@H]2CCC[C@@]2(C(=O)O)C1. The third-order valence-corrected chi connectivity index (χ3v) is 5.71. The molecule has 2 atom stereocenters. The highest BCUT2D eigenvalue weighted by atomic mass is 16.4. The minimum Gasteiger partial charge on any atom is -0.481 e. The molecule has 2 aromatic rings. The summed E-state index contributed by atoms with van der Waals surface area (Å²) in [7, 11) is 0.